The number of anilines is 1. The van der Waals surface area contributed by atoms with Gasteiger partial charge in [0.25, 0.3) is 5.91 Å². The lowest BCUT2D eigenvalue weighted by molar-refractivity contribution is -0.126. The number of rotatable bonds is 13. The Balaban J connectivity index is 1.85. The van der Waals surface area contributed by atoms with Gasteiger partial charge in [-0.3, -0.25) is 19.2 Å². The van der Waals surface area contributed by atoms with Gasteiger partial charge in [0.05, 0.1) is 17.8 Å². The second-order valence-corrected chi connectivity index (χ2v) is 10.3. The second kappa shape index (κ2) is 14.0. The highest BCUT2D eigenvalue weighted by atomic mass is 35.5. The Hall–Kier alpha value is -3.79. The monoisotopic (exact) mass is 572 g/mol. The Labute approximate surface area is 237 Å². The largest absolute Gasteiger partial charge is 0.361 e. The van der Waals surface area contributed by atoms with Crippen molar-refractivity contribution in [2.45, 2.75) is 58.5 Å². The van der Waals surface area contributed by atoms with Crippen LogP contribution in [0.3, 0.4) is 0 Å². The number of carbonyl (C=O) groups is 4. The Morgan fingerprint density at radius 3 is 2.62 bits per heavy atom. The first kappa shape index (κ1) is 30.7. The van der Waals surface area contributed by atoms with E-state index in [1.807, 2.05) is 0 Å². The minimum Gasteiger partial charge on any atom is -0.361 e. The van der Waals surface area contributed by atoms with Crippen molar-refractivity contribution in [2.24, 2.45) is 11.8 Å². The Kier molecular flexibility index (Phi) is 10.8. The van der Waals surface area contributed by atoms with E-state index in [1.165, 1.54) is 40.8 Å². The number of nitrogens with one attached hydrogen (secondary N) is 2. The van der Waals surface area contributed by atoms with Crippen LogP contribution in [-0.4, -0.2) is 47.3 Å². The summed E-state index contributed by atoms with van der Waals surface area (Å²) >= 11 is 5.94. The maximum Gasteiger partial charge on any atom is 0.274 e. The predicted molar refractivity (Wildman–Crippen MR) is 150 cm³/mol. The van der Waals surface area contributed by atoms with Gasteiger partial charge in [0.1, 0.15) is 11.6 Å². The lowest BCUT2D eigenvalue weighted by Gasteiger charge is -2.32. The number of carbonyl (C=O) groups excluding carboxylic acids is 4. The molecule has 1 aromatic heterocycles. The summed E-state index contributed by atoms with van der Waals surface area (Å²) in [4.78, 5) is 53.3. The summed E-state index contributed by atoms with van der Waals surface area (Å²) in [6.45, 7) is 9.51. The molecular formula is C29H34ClFN4O5. The summed E-state index contributed by atoms with van der Waals surface area (Å²) < 4.78 is 19.3. The van der Waals surface area contributed by atoms with Gasteiger partial charge in [0.2, 0.25) is 11.8 Å². The molecule has 9 nitrogen and oxygen atoms in total. The number of aromatic nitrogens is 1. The van der Waals surface area contributed by atoms with Crippen LogP contribution in [0.15, 0.2) is 47.0 Å². The molecule has 0 bridgehead atoms. The summed E-state index contributed by atoms with van der Waals surface area (Å²) in [5, 5.41) is 9.15. The van der Waals surface area contributed by atoms with Crippen molar-refractivity contribution in [3.8, 4) is 0 Å². The summed E-state index contributed by atoms with van der Waals surface area (Å²) in [6, 6.07) is 3.88. The molecule has 1 aromatic carbocycles. The van der Waals surface area contributed by atoms with E-state index >= 15 is 0 Å². The molecule has 2 N–H and O–H groups in total. The average molecular weight is 573 g/mol. The van der Waals surface area contributed by atoms with Gasteiger partial charge in [-0.15, -0.1) is 0 Å². The number of amides is 3. The van der Waals surface area contributed by atoms with Gasteiger partial charge >= 0.3 is 0 Å². The van der Waals surface area contributed by atoms with Crippen molar-refractivity contribution in [3.63, 3.8) is 0 Å². The summed E-state index contributed by atoms with van der Waals surface area (Å²) in [5.41, 5.74) is 2.06. The first-order valence-electron chi connectivity index (χ1n) is 13.1. The molecule has 3 amide bonds. The van der Waals surface area contributed by atoms with Gasteiger partial charge < -0.3 is 20.1 Å². The Morgan fingerprint density at radius 2 is 2.05 bits per heavy atom. The molecule has 1 aliphatic heterocycles. The minimum absolute atomic E-state index is 0.0490. The summed E-state index contributed by atoms with van der Waals surface area (Å²) in [7, 11) is 0. The van der Waals surface area contributed by atoms with E-state index in [1.54, 1.807) is 26.8 Å². The summed E-state index contributed by atoms with van der Waals surface area (Å²) in [6.07, 6.45) is 3.50. The van der Waals surface area contributed by atoms with Crippen LogP contribution in [0.5, 0.6) is 0 Å². The molecule has 214 valence electrons. The molecule has 2 aromatic rings. The predicted octanol–water partition coefficient (Wildman–Crippen LogP) is 4.55. The SMILES string of the molecule is C=Cc1ccc(F)cc1N(C(=O)CCC(=O)[C@@H](NC(=O)c1cc(C)on1)C(C)C)[C@H](/C=C/Cl)C[C@@H]1CCNC1=O. The van der Waals surface area contributed by atoms with E-state index in [-0.39, 0.29) is 54.2 Å². The number of hydrogen-bond donors (Lipinski definition) is 2. The van der Waals surface area contributed by atoms with Crippen molar-refractivity contribution in [1.82, 2.24) is 15.8 Å². The third kappa shape index (κ3) is 7.65. The molecule has 2 heterocycles. The van der Waals surface area contributed by atoms with Gasteiger partial charge in [0, 0.05) is 36.9 Å². The number of nitrogens with zero attached hydrogens (tertiary/aromatic N) is 2. The van der Waals surface area contributed by atoms with Crippen LogP contribution in [0.1, 0.15) is 61.3 Å². The van der Waals surface area contributed by atoms with Crippen molar-refractivity contribution < 1.29 is 28.1 Å². The third-order valence-corrected chi connectivity index (χ3v) is 6.95. The lowest BCUT2D eigenvalue weighted by atomic mass is 9.94. The maximum atomic E-state index is 14.4. The van der Waals surface area contributed by atoms with Gasteiger partial charge in [-0.05, 0) is 43.4 Å². The molecule has 0 spiro atoms. The zero-order valence-electron chi connectivity index (χ0n) is 22.8. The standard InChI is InChI=1S/C29H34ClFN4O5/c1-5-19-6-7-21(31)16-24(19)35(22(10-12-30)15-20-11-13-32-28(20)38)26(37)9-8-25(36)27(17(2)3)33-29(39)23-14-18(4)40-34-23/h5-7,10,12,14,16-17,20,22,27H,1,8-9,11,13,15H2,2-4H3,(H,32,38)(H,33,39)/b12-10+/t20-,22+,27-/m0/s1. The lowest BCUT2D eigenvalue weighted by Crippen LogP contribution is -2.45. The maximum absolute atomic E-state index is 14.4. The van der Waals surface area contributed by atoms with Crippen molar-refractivity contribution in [2.75, 3.05) is 11.4 Å². The molecule has 0 aliphatic carbocycles. The van der Waals surface area contributed by atoms with Crippen LogP contribution in [0.4, 0.5) is 10.1 Å². The number of benzene rings is 1. The normalized spacial score (nSPS) is 16.6. The van der Waals surface area contributed by atoms with Gasteiger partial charge in [-0.2, -0.15) is 0 Å². The van der Waals surface area contributed by atoms with E-state index in [0.717, 1.165) is 0 Å². The second-order valence-electron chi connectivity index (χ2n) is 10.1. The van der Waals surface area contributed by atoms with E-state index in [0.29, 0.717) is 24.3 Å². The zero-order chi connectivity index (χ0) is 29.4. The topological polar surface area (TPSA) is 122 Å². The quantitative estimate of drug-likeness (QED) is 0.363. The molecule has 0 unspecified atom stereocenters. The van der Waals surface area contributed by atoms with Crippen LogP contribution in [0.2, 0.25) is 0 Å². The molecule has 1 aliphatic rings. The Morgan fingerprint density at radius 1 is 1.30 bits per heavy atom. The number of aryl methyl sites for hydroxylation is 1. The average Bonchev–Trinajstić information content (AvgIpc) is 3.53. The molecule has 40 heavy (non-hydrogen) atoms. The van der Waals surface area contributed by atoms with Crippen LogP contribution in [-0.2, 0) is 14.4 Å². The number of Topliss-reactive ketones (excluding diaryl/α,β-unsaturated/α-hetero) is 1. The van der Waals surface area contributed by atoms with Gasteiger partial charge in [-0.25, -0.2) is 4.39 Å². The Bertz CT molecular complexity index is 1290. The molecule has 1 saturated heterocycles. The molecule has 3 atom stereocenters. The number of ketones is 1. The van der Waals surface area contributed by atoms with Crippen LogP contribution < -0.4 is 15.5 Å². The molecule has 1 fully saturated rings. The zero-order valence-corrected chi connectivity index (χ0v) is 23.5. The summed E-state index contributed by atoms with van der Waals surface area (Å²) in [5.74, 6) is -2.25. The fourth-order valence-electron chi connectivity index (χ4n) is 4.73. The first-order chi connectivity index (χ1) is 19.0. The van der Waals surface area contributed by atoms with E-state index in [9.17, 15) is 23.6 Å². The fraction of sp³-hybridized carbons (Fsp3) is 0.414. The van der Waals surface area contributed by atoms with Crippen molar-refractivity contribution >= 4 is 46.9 Å². The molecule has 0 radical (unpaired) electrons. The van der Waals surface area contributed by atoms with Crippen LogP contribution in [0, 0.1) is 24.6 Å². The smallest absolute Gasteiger partial charge is 0.274 e. The fourth-order valence-corrected chi connectivity index (χ4v) is 4.89. The van der Waals surface area contributed by atoms with E-state index in [2.05, 4.69) is 22.4 Å². The highest BCUT2D eigenvalue weighted by Crippen LogP contribution is 2.30. The molecule has 11 heteroatoms. The first-order valence-corrected chi connectivity index (χ1v) is 13.5. The number of hydrogen-bond acceptors (Lipinski definition) is 6. The highest BCUT2D eigenvalue weighted by Gasteiger charge is 2.33. The minimum atomic E-state index is -0.871. The molecule has 0 saturated carbocycles. The highest BCUT2D eigenvalue weighted by molar-refractivity contribution is 6.25. The van der Waals surface area contributed by atoms with E-state index < -0.39 is 29.7 Å². The van der Waals surface area contributed by atoms with Gasteiger partial charge in [-0.1, -0.05) is 55.4 Å². The van der Waals surface area contributed by atoms with E-state index in [4.69, 9.17) is 16.1 Å². The molecule has 3 rings (SSSR count). The van der Waals surface area contributed by atoms with Gasteiger partial charge in [0.15, 0.2) is 11.5 Å². The third-order valence-electron chi connectivity index (χ3n) is 6.80. The number of halogens is 2. The van der Waals surface area contributed by atoms with Crippen molar-refractivity contribution in [3.05, 3.63) is 65.3 Å². The van der Waals surface area contributed by atoms with Crippen LogP contribution in [0.25, 0.3) is 6.08 Å². The van der Waals surface area contributed by atoms with Crippen LogP contribution >= 0.6 is 11.6 Å². The van der Waals surface area contributed by atoms with Crippen molar-refractivity contribution in [1.29, 1.82) is 0 Å². The molecular weight excluding hydrogens is 539 g/mol.